The molecule has 0 atom stereocenters. The molecule has 0 radical (unpaired) electrons. The zero-order chi connectivity index (χ0) is 13.8. The molecule has 0 unspecified atom stereocenters. The number of benzene rings is 2. The average molecular weight is 265 g/mol. The summed E-state index contributed by atoms with van der Waals surface area (Å²) >= 11 is 0. The lowest BCUT2D eigenvalue weighted by molar-refractivity contribution is 0.103. The van der Waals surface area contributed by atoms with E-state index >= 15 is 0 Å². The molecule has 0 amide bonds. The first-order valence-electron chi connectivity index (χ1n) is 7.29. The minimum Gasteiger partial charge on any atom is -0.372 e. The number of piperidine rings is 1. The molecule has 0 bridgehead atoms. The number of ketones is 1. The van der Waals surface area contributed by atoms with Crippen LogP contribution in [0.2, 0.25) is 0 Å². The van der Waals surface area contributed by atoms with Gasteiger partial charge in [-0.25, -0.2) is 0 Å². The predicted molar refractivity (Wildman–Crippen MR) is 82.4 cm³/mol. The van der Waals surface area contributed by atoms with Crippen LogP contribution in [0.5, 0.6) is 0 Å². The highest BCUT2D eigenvalue weighted by atomic mass is 16.1. The molecule has 2 aromatic rings. The Kier molecular flexibility index (Phi) is 3.82. The Balaban J connectivity index is 1.77. The van der Waals surface area contributed by atoms with E-state index in [-0.39, 0.29) is 5.78 Å². The fourth-order valence-corrected chi connectivity index (χ4v) is 2.73. The van der Waals surface area contributed by atoms with Gasteiger partial charge in [0.05, 0.1) is 0 Å². The van der Waals surface area contributed by atoms with E-state index in [2.05, 4.69) is 17.0 Å². The molecule has 20 heavy (non-hydrogen) atoms. The Hall–Kier alpha value is -2.09. The summed E-state index contributed by atoms with van der Waals surface area (Å²) in [6.45, 7) is 2.26. The van der Waals surface area contributed by atoms with Crippen LogP contribution in [-0.2, 0) is 0 Å². The molecule has 2 heteroatoms. The highest BCUT2D eigenvalue weighted by molar-refractivity contribution is 6.09. The van der Waals surface area contributed by atoms with Gasteiger partial charge in [0.15, 0.2) is 5.78 Å². The van der Waals surface area contributed by atoms with Crippen molar-refractivity contribution in [3.63, 3.8) is 0 Å². The summed E-state index contributed by atoms with van der Waals surface area (Å²) in [7, 11) is 0. The van der Waals surface area contributed by atoms with E-state index in [1.807, 2.05) is 42.5 Å². The van der Waals surface area contributed by atoms with Gasteiger partial charge in [-0.05, 0) is 43.5 Å². The zero-order valence-electron chi connectivity index (χ0n) is 11.6. The van der Waals surface area contributed by atoms with Gasteiger partial charge in [-0.15, -0.1) is 0 Å². The van der Waals surface area contributed by atoms with E-state index in [1.165, 1.54) is 24.9 Å². The number of carbonyl (C=O) groups is 1. The molecule has 0 N–H and O–H groups in total. The van der Waals surface area contributed by atoms with E-state index in [0.717, 1.165) is 24.2 Å². The molecule has 1 saturated heterocycles. The second kappa shape index (κ2) is 5.91. The third kappa shape index (κ3) is 2.74. The normalized spacial score (nSPS) is 15.1. The lowest BCUT2D eigenvalue weighted by atomic mass is 10.0. The second-order valence-corrected chi connectivity index (χ2v) is 5.29. The Morgan fingerprint density at radius 1 is 0.750 bits per heavy atom. The fourth-order valence-electron chi connectivity index (χ4n) is 2.73. The predicted octanol–water partition coefficient (Wildman–Crippen LogP) is 3.91. The van der Waals surface area contributed by atoms with Gasteiger partial charge in [0, 0.05) is 29.9 Å². The molecule has 0 saturated carbocycles. The maximum atomic E-state index is 12.3. The Morgan fingerprint density at radius 3 is 2.00 bits per heavy atom. The maximum absolute atomic E-state index is 12.3. The van der Waals surface area contributed by atoms with E-state index in [4.69, 9.17) is 0 Å². The molecule has 2 aromatic carbocycles. The van der Waals surface area contributed by atoms with Gasteiger partial charge < -0.3 is 4.90 Å². The Morgan fingerprint density at radius 2 is 1.35 bits per heavy atom. The maximum Gasteiger partial charge on any atom is 0.193 e. The highest BCUT2D eigenvalue weighted by Crippen LogP contribution is 2.21. The highest BCUT2D eigenvalue weighted by Gasteiger charge is 2.12. The lowest BCUT2D eigenvalue weighted by Gasteiger charge is -2.28. The van der Waals surface area contributed by atoms with Crippen molar-refractivity contribution in [1.82, 2.24) is 0 Å². The monoisotopic (exact) mass is 265 g/mol. The lowest BCUT2D eigenvalue weighted by Crippen LogP contribution is -2.29. The van der Waals surface area contributed by atoms with Crippen LogP contribution >= 0.6 is 0 Å². The smallest absolute Gasteiger partial charge is 0.193 e. The number of hydrogen-bond donors (Lipinski definition) is 0. The third-order valence-electron chi connectivity index (χ3n) is 3.89. The first-order chi connectivity index (χ1) is 9.84. The molecule has 1 heterocycles. The van der Waals surface area contributed by atoms with Crippen molar-refractivity contribution in [1.29, 1.82) is 0 Å². The van der Waals surface area contributed by atoms with Crippen LogP contribution in [0.15, 0.2) is 54.6 Å². The first-order valence-corrected chi connectivity index (χ1v) is 7.29. The average Bonchev–Trinajstić information content (AvgIpc) is 2.56. The first kappa shape index (κ1) is 12.9. The Bertz CT molecular complexity index is 568. The van der Waals surface area contributed by atoms with Crippen LogP contribution in [0.25, 0.3) is 0 Å². The minimum absolute atomic E-state index is 0.0933. The zero-order valence-corrected chi connectivity index (χ0v) is 11.6. The summed E-state index contributed by atoms with van der Waals surface area (Å²) in [6.07, 6.45) is 3.87. The summed E-state index contributed by atoms with van der Waals surface area (Å²) in [5.74, 6) is 0.0933. The van der Waals surface area contributed by atoms with Gasteiger partial charge in [0.1, 0.15) is 0 Å². The van der Waals surface area contributed by atoms with Crippen LogP contribution in [0.3, 0.4) is 0 Å². The largest absolute Gasteiger partial charge is 0.372 e. The molecular formula is C18H19NO. The summed E-state index contributed by atoms with van der Waals surface area (Å²) in [6, 6.07) is 17.5. The van der Waals surface area contributed by atoms with Crippen LogP contribution < -0.4 is 4.90 Å². The van der Waals surface area contributed by atoms with Crippen molar-refractivity contribution < 1.29 is 4.79 Å². The molecule has 102 valence electrons. The summed E-state index contributed by atoms with van der Waals surface area (Å²) in [5.41, 5.74) is 2.74. The van der Waals surface area contributed by atoms with E-state index in [0.29, 0.717) is 0 Å². The number of rotatable bonds is 3. The topological polar surface area (TPSA) is 20.3 Å². The summed E-state index contributed by atoms with van der Waals surface area (Å²) in [5, 5.41) is 0. The summed E-state index contributed by atoms with van der Waals surface area (Å²) in [4.78, 5) is 14.7. The SMILES string of the molecule is O=C(c1ccccc1)c1ccc(N2CCCCC2)cc1. The van der Waals surface area contributed by atoms with E-state index < -0.39 is 0 Å². The van der Waals surface area contributed by atoms with Crippen LogP contribution in [-0.4, -0.2) is 18.9 Å². The van der Waals surface area contributed by atoms with Crippen molar-refractivity contribution >= 4 is 11.5 Å². The van der Waals surface area contributed by atoms with Gasteiger partial charge in [0.25, 0.3) is 0 Å². The molecule has 0 spiro atoms. The fraction of sp³-hybridized carbons (Fsp3) is 0.278. The van der Waals surface area contributed by atoms with Crippen LogP contribution in [0.1, 0.15) is 35.2 Å². The molecular weight excluding hydrogens is 246 g/mol. The third-order valence-corrected chi connectivity index (χ3v) is 3.89. The molecule has 1 aliphatic heterocycles. The van der Waals surface area contributed by atoms with Crippen molar-refractivity contribution in [2.24, 2.45) is 0 Å². The van der Waals surface area contributed by atoms with Crippen molar-refractivity contribution in [3.05, 3.63) is 65.7 Å². The van der Waals surface area contributed by atoms with Gasteiger partial charge in [-0.2, -0.15) is 0 Å². The Labute approximate surface area is 120 Å². The van der Waals surface area contributed by atoms with Crippen LogP contribution in [0, 0.1) is 0 Å². The molecule has 1 aliphatic rings. The summed E-state index contributed by atoms with van der Waals surface area (Å²) < 4.78 is 0. The molecule has 0 aliphatic carbocycles. The minimum atomic E-state index is 0.0933. The second-order valence-electron chi connectivity index (χ2n) is 5.29. The van der Waals surface area contributed by atoms with Gasteiger partial charge in [-0.1, -0.05) is 30.3 Å². The standard InChI is InChI=1S/C18H19NO/c20-18(15-7-3-1-4-8-15)16-9-11-17(12-10-16)19-13-5-2-6-14-19/h1,3-4,7-12H,2,5-6,13-14H2. The molecule has 1 fully saturated rings. The molecule has 0 aromatic heterocycles. The van der Waals surface area contributed by atoms with Gasteiger partial charge >= 0.3 is 0 Å². The van der Waals surface area contributed by atoms with Crippen molar-refractivity contribution in [2.45, 2.75) is 19.3 Å². The van der Waals surface area contributed by atoms with Crippen molar-refractivity contribution in [3.8, 4) is 0 Å². The van der Waals surface area contributed by atoms with Gasteiger partial charge in [-0.3, -0.25) is 4.79 Å². The quantitative estimate of drug-likeness (QED) is 0.784. The van der Waals surface area contributed by atoms with Gasteiger partial charge in [0.2, 0.25) is 0 Å². The van der Waals surface area contributed by atoms with E-state index in [9.17, 15) is 4.79 Å². The van der Waals surface area contributed by atoms with Crippen LogP contribution in [0.4, 0.5) is 5.69 Å². The molecule has 3 rings (SSSR count). The number of hydrogen-bond acceptors (Lipinski definition) is 2. The number of nitrogens with zero attached hydrogens (tertiary/aromatic N) is 1. The molecule has 2 nitrogen and oxygen atoms in total. The number of anilines is 1. The van der Waals surface area contributed by atoms with Crippen molar-refractivity contribution in [2.75, 3.05) is 18.0 Å². The van der Waals surface area contributed by atoms with E-state index in [1.54, 1.807) is 0 Å². The number of carbonyl (C=O) groups excluding carboxylic acids is 1.